The van der Waals surface area contributed by atoms with Gasteiger partial charge in [0.25, 0.3) is 0 Å². The number of hydrogen-bond donors (Lipinski definition) is 1. The monoisotopic (exact) mass is 259 g/mol. The van der Waals surface area contributed by atoms with E-state index in [1.807, 2.05) is 19.1 Å². The fourth-order valence-electron chi connectivity index (χ4n) is 1.75. The Balaban J connectivity index is 1.82. The van der Waals surface area contributed by atoms with Crippen LogP contribution in [-0.4, -0.2) is 38.0 Å². The molecule has 0 saturated carbocycles. The molecule has 0 bridgehead atoms. The maximum absolute atomic E-state index is 12.0. The lowest BCUT2D eigenvalue weighted by molar-refractivity contribution is -0.130. The minimum absolute atomic E-state index is 0.0827. The second-order valence-corrected chi connectivity index (χ2v) is 4.44. The molecule has 0 aliphatic carbocycles. The summed E-state index contributed by atoms with van der Waals surface area (Å²) in [4.78, 5) is 21.7. The van der Waals surface area contributed by atoms with E-state index in [2.05, 4.69) is 20.2 Å². The predicted molar refractivity (Wildman–Crippen MR) is 70.2 cm³/mol. The van der Waals surface area contributed by atoms with Gasteiger partial charge in [0.05, 0.1) is 6.54 Å². The molecule has 0 spiro atoms. The average molecular weight is 259 g/mol. The van der Waals surface area contributed by atoms with Crippen LogP contribution in [0.5, 0.6) is 0 Å². The third-order valence-electron chi connectivity index (χ3n) is 2.82. The zero-order chi connectivity index (χ0) is 13.7. The van der Waals surface area contributed by atoms with Crippen molar-refractivity contribution in [2.24, 2.45) is 0 Å². The van der Waals surface area contributed by atoms with Gasteiger partial charge in [-0.2, -0.15) is 5.10 Å². The number of aromatic amines is 1. The highest BCUT2D eigenvalue weighted by molar-refractivity contribution is 5.76. The summed E-state index contributed by atoms with van der Waals surface area (Å²) >= 11 is 0. The van der Waals surface area contributed by atoms with Crippen LogP contribution in [0, 0.1) is 6.92 Å². The molecule has 0 aliphatic heterocycles. The van der Waals surface area contributed by atoms with Gasteiger partial charge >= 0.3 is 0 Å². The molecular weight excluding hydrogens is 242 g/mol. The van der Waals surface area contributed by atoms with Crippen molar-refractivity contribution >= 4 is 5.91 Å². The lowest BCUT2D eigenvalue weighted by atomic mass is 10.1. The third kappa shape index (κ3) is 3.87. The molecule has 2 aromatic heterocycles. The van der Waals surface area contributed by atoms with Gasteiger partial charge in [-0.05, 0) is 31.0 Å². The second-order valence-electron chi connectivity index (χ2n) is 4.44. The molecular formula is C13H17N5O. The summed E-state index contributed by atoms with van der Waals surface area (Å²) in [5.41, 5.74) is 1.12. The molecule has 2 heterocycles. The lowest BCUT2D eigenvalue weighted by Gasteiger charge is -2.15. The third-order valence-corrected chi connectivity index (χ3v) is 2.82. The largest absolute Gasteiger partial charge is 0.338 e. The summed E-state index contributed by atoms with van der Waals surface area (Å²) < 4.78 is 0. The van der Waals surface area contributed by atoms with E-state index >= 15 is 0 Å². The van der Waals surface area contributed by atoms with Crippen LogP contribution in [0.2, 0.25) is 0 Å². The van der Waals surface area contributed by atoms with Crippen LogP contribution in [0.15, 0.2) is 24.5 Å². The van der Waals surface area contributed by atoms with E-state index in [0.29, 0.717) is 18.8 Å². The van der Waals surface area contributed by atoms with E-state index in [0.717, 1.165) is 17.8 Å². The summed E-state index contributed by atoms with van der Waals surface area (Å²) in [6.45, 7) is 2.27. The molecule has 2 aromatic rings. The number of aryl methyl sites for hydroxylation is 2. The highest BCUT2D eigenvalue weighted by Crippen LogP contribution is 2.04. The van der Waals surface area contributed by atoms with Gasteiger partial charge in [-0.25, -0.2) is 4.98 Å². The number of rotatable bonds is 5. The summed E-state index contributed by atoms with van der Waals surface area (Å²) in [5.74, 6) is 1.48. The van der Waals surface area contributed by atoms with Gasteiger partial charge in [-0.15, -0.1) is 0 Å². The summed E-state index contributed by atoms with van der Waals surface area (Å²) in [5, 5.41) is 6.78. The van der Waals surface area contributed by atoms with Gasteiger partial charge in [-0.1, -0.05) is 0 Å². The van der Waals surface area contributed by atoms with Crippen LogP contribution >= 0.6 is 0 Å². The van der Waals surface area contributed by atoms with Gasteiger partial charge in [-0.3, -0.25) is 14.9 Å². The maximum Gasteiger partial charge on any atom is 0.223 e. The molecule has 1 amide bonds. The lowest BCUT2D eigenvalue weighted by Crippen LogP contribution is -2.26. The molecule has 0 radical (unpaired) electrons. The van der Waals surface area contributed by atoms with Gasteiger partial charge < -0.3 is 4.90 Å². The van der Waals surface area contributed by atoms with Crippen molar-refractivity contribution in [3.05, 3.63) is 41.7 Å². The van der Waals surface area contributed by atoms with E-state index in [-0.39, 0.29) is 5.91 Å². The zero-order valence-electron chi connectivity index (χ0n) is 11.1. The maximum atomic E-state index is 12.0. The first-order chi connectivity index (χ1) is 9.15. The SMILES string of the molecule is Cc1nc(CN(C)C(=O)CCc2ccncc2)n[nH]1. The number of hydrogen-bond acceptors (Lipinski definition) is 4. The Morgan fingerprint density at radius 3 is 2.74 bits per heavy atom. The number of carbonyl (C=O) groups excluding carboxylic acids is 1. The first-order valence-electron chi connectivity index (χ1n) is 6.16. The molecule has 100 valence electrons. The normalized spacial score (nSPS) is 10.4. The minimum Gasteiger partial charge on any atom is -0.338 e. The zero-order valence-corrected chi connectivity index (χ0v) is 11.1. The van der Waals surface area contributed by atoms with Crippen LogP contribution in [0.3, 0.4) is 0 Å². The number of nitrogens with zero attached hydrogens (tertiary/aromatic N) is 4. The smallest absolute Gasteiger partial charge is 0.223 e. The highest BCUT2D eigenvalue weighted by atomic mass is 16.2. The van der Waals surface area contributed by atoms with Crippen molar-refractivity contribution in [3.63, 3.8) is 0 Å². The Bertz CT molecular complexity index is 537. The van der Waals surface area contributed by atoms with E-state index < -0.39 is 0 Å². The number of H-pyrrole nitrogens is 1. The quantitative estimate of drug-likeness (QED) is 0.872. The summed E-state index contributed by atoms with van der Waals surface area (Å²) in [6, 6.07) is 3.85. The predicted octanol–water partition coefficient (Wildman–Crippen LogP) is 1.10. The molecule has 0 atom stereocenters. The fraction of sp³-hybridized carbons (Fsp3) is 0.385. The summed E-state index contributed by atoms with van der Waals surface area (Å²) in [6.07, 6.45) is 4.67. The van der Waals surface area contributed by atoms with Crippen LogP contribution in [0.1, 0.15) is 23.6 Å². The Morgan fingerprint density at radius 1 is 1.37 bits per heavy atom. The van der Waals surface area contributed by atoms with Crippen LogP contribution < -0.4 is 0 Å². The van der Waals surface area contributed by atoms with Crippen molar-refractivity contribution in [1.29, 1.82) is 0 Å². The first kappa shape index (κ1) is 13.2. The van der Waals surface area contributed by atoms with E-state index in [9.17, 15) is 4.79 Å². The molecule has 1 N–H and O–H groups in total. The van der Waals surface area contributed by atoms with Crippen LogP contribution in [0.4, 0.5) is 0 Å². The first-order valence-corrected chi connectivity index (χ1v) is 6.16. The summed E-state index contributed by atoms with van der Waals surface area (Å²) in [7, 11) is 1.76. The number of pyridine rings is 1. The molecule has 0 aromatic carbocycles. The van der Waals surface area contributed by atoms with Crippen LogP contribution in [0.25, 0.3) is 0 Å². The Kier molecular flexibility index (Phi) is 4.22. The average Bonchev–Trinajstić information content (AvgIpc) is 2.82. The molecule has 6 nitrogen and oxygen atoms in total. The van der Waals surface area contributed by atoms with Gasteiger partial charge in [0.15, 0.2) is 5.82 Å². The molecule has 0 saturated heterocycles. The van der Waals surface area contributed by atoms with Crippen molar-refractivity contribution in [1.82, 2.24) is 25.1 Å². The van der Waals surface area contributed by atoms with Crippen molar-refractivity contribution in [2.75, 3.05) is 7.05 Å². The second kappa shape index (κ2) is 6.08. The van der Waals surface area contributed by atoms with Crippen LogP contribution in [-0.2, 0) is 17.8 Å². The molecule has 0 unspecified atom stereocenters. The topological polar surface area (TPSA) is 74.8 Å². The fourth-order valence-corrected chi connectivity index (χ4v) is 1.75. The molecule has 0 fully saturated rings. The van der Waals surface area contributed by atoms with Gasteiger partial charge in [0.2, 0.25) is 5.91 Å². The standard InChI is InChI=1S/C13H17N5O/c1-10-15-12(17-16-10)9-18(2)13(19)4-3-11-5-7-14-8-6-11/h5-8H,3-4,9H2,1-2H3,(H,15,16,17). The number of carbonyl (C=O) groups is 1. The highest BCUT2D eigenvalue weighted by Gasteiger charge is 2.11. The molecule has 0 aliphatic rings. The van der Waals surface area contributed by atoms with Crippen molar-refractivity contribution in [2.45, 2.75) is 26.3 Å². The molecule has 2 rings (SSSR count). The van der Waals surface area contributed by atoms with Crippen molar-refractivity contribution < 1.29 is 4.79 Å². The van der Waals surface area contributed by atoms with E-state index in [4.69, 9.17) is 0 Å². The molecule has 6 heteroatoms. The Morgan fingerprint density at radius 2 is 2.11 bits per heavy atom. The van der Waals surface area contributed by atoms with Crippen molar-refractivity contribution in [3.8, 4) is 0 Å². The Labute approximate surface area is 111 Å². The Hall–Kier alpha value is -2.24. The van der Waals surface area contributed by atoms with E-state index in [1.54, 1.807) is 24.3 Å². The number of aromatic nitrogens is 4. The van der Waals surface area contributed by atoms with Gasteiger partial charge in [0, 0.05) is 25.9 Å². The minimum atomic E-state index is 0.0827. The number of nitrogens with one attached hydrogen (secondary N) is 1. The van der Waals surface area contributed by atoms with E-state index in [1.165, 1.54) is 0 Å². The number of amides is 1. The van der Waals surface area contributed by atoms with Gasteiger partial charge in [0.1, 0.15) is 5.82 Å². The molecule has 19 heavy (non-hydrogen) atoms.